The lowest BCUT2D eigenvalue weighted by atomic mass is 10.1. The Morgan fingerprint density at radius 2 is 2.21 bits per heavy atom. The average Bonchev–Trinajstić information content (AvgIpc) is 2.41. The highest BCUT2D eigenvalue weighted by molar-refractivity contribution is 6.34. The second-order valence-corrected chi connectivity index (χ2v) is 4.68. The monoisotopic (exact) mass is 271 g/mol. The lowest BCUT2D eigenvalue weighted by molar-refractivity contribution is 1.00. The largest absolute Gasteiger partial charge is 0.368 e. The van der Waals surface area contributed by atoms with Crippen LogP contribution in [0.25, 0.3) is 0 Å². The summed E-state index contributed by atoms with van der Waals surface area (Å²) in [7, 11) is 0. The number of nitriles is 1. The molecule has 1 aromatic heterocycles. The Bertz CT molecular complexity index is 617. The van der Waals surface area contributed by atoms with Gasteiger partial charge in [0.05, 0.1) is 5.56 Å². The van der Waals surface area contributed by atoms with Gasteiger partial charge in [0.15, 0.2) is 0 Å². The third kappa shape index (κ3) is 3.46. The van der Waals surface area contributed by atoms with Crippen molar-refractivity contribution < 1.29 is 0 Å². The molecule has 1 heterocycles. The average molecular weight is 272 g/mol. The Labute approximate surface area is 117 Å². The zero-order chi connectivity index (χ0) is 13.7. The third-order valence-corrected chi connectivity index (χ3v) is 3.18. The molecule has 2 rings (SSSR count). The molecule has 0 aliphatic carbocycles. The molecule has 1 N–H and O–H groups in total. The van der Waals surface area contributed by atoms with Gasteiger partial charge in [0.1, 0.15) is 16.9 Å². The van der Waals surface area contributed by atoms with Gasteiger partial charge in [0.25, 0.3) is 0 Å². The van der Waals surface area contributed by atoms with Crippen molar-refractivity contribution in [2.75, 3.05) is 11.9 Å². The molecule has 0 fully saturated rings. The van der Waals surface area contributed by atoms with E-state index in [0.29, 0.717) is 16.4 Å². The van der Waals surface area contributed by atoms with Crippen molar-refractivity contribution in [1.29, 1.82) is 5.26 Å². The van der Waals surface area contributed by atoms with E-state index in [4.69, 9.17) is 16.9 Å². The van der Waals surface area contributed by atoms with Crippen LogP contribution in [0.4, 0.5) is 5.82 Å². The van der Waals surface area contributed by atoms with E-state index in [9.17, 15) is 0 Å². The van der Waals surface area contributed by atoms with Gasteiger partial charge in [-0.3, -0.25) is 0 Å². The van der Waals surface area contributed by atoms with Crippen molar-refractivity contribution in [2.45, 2.75) is 13.3 Å². The number of pyridine rings is 1. The van der Waals surface area contributed by atoms with Crippen molar-refractivity contribution in [3.63, 3.8) is 0 Å². The molecule has 0 aliphatic heterocycles. The van der Waals surface area contributed by atoms with Gasteiger partial charge >= 0.3 is 0 Å². The van der Waals surface area contributed by atoms with E-state index in [1.165, 1.54) is 11.1 Å². The Morgan fingerprint density at radius 3 is 2.95 bits per heavy atom. The minimum Gasteiger partial charge on any atom is -0.368 e. The van der Waals surface area contributed by atoms with Gasteiger partial charge in [-0.1, -0.05) is 41.4 Å². The second kappa shape index (κ2) is 6.21. The fourth-order valence-corrected chi connectivity index (χ4v) is 2.07. The summed E-state index contributed by atoms with van der Waals surface area (Å²) in [4.78, 5) is 4.14. The minimum atomic E-state index is 0.384. The number of hydrogen-bond acceptors (Lipinski definition) is 3. The molecule has 0 saturated carbocycles. The fourth-order valence-electron chi connectivity index (χ4n) is 1.85. The van der Waals surface area contributed by atoms with Crippen LogP contribution in [-0.4, -0.2) is 11.5 Å². The highest BCUT2D eigenvalue weighted by atomic mass is 35.5. The summed E-state index contributed by atoms with van der Waals surface area (Å²) in [6, 6.07) is 12.0. The highest BCUT2D eigenvalue weighted by Crippen LogP contribution is 2.22. The quantitative estimate of drug-likeness (QED) is 0.925. The molecule has 19 heavy (non-hydrogen) atoms. The summed E-state index contributed by atoms with van der Waals surface area (Å²) in [5.74, 6) is 0.563. The van der Waals surface area contributed by atoms with Gasteiger partial charge < -0.3 is 5.32 Å². The van der Waals surface area contributed by atoms with Crippen LogP contribution < -0.4 is 5.32 Å². The molecule has 0 aliphatic rings. The molecule has 3 nitrogen and oxygen atoms in total. The van der Waals surface area contributed by atoms with Gasteiger partial charge in [-0.05, 0) is 25.0 Å². The zero-order valence-corrected chi connectivity index (χ0v) is 11.4. The van der Waals surface area contributed by atoms with Crippen molar-refractivity contribution in [1.82, 2.24) is 4.98 Å². The maximum atomic E-state index is 8.89. The summed E-state index contributed by atoms with van der Waals surface area (Å²) in [6.07, 6.45) is 2.47. The predicted octanol–water partition coefficient (Wildman–Crippen LogP) is 3.57. The predicted molar refractivity (Wildman–Crippen MR) is 77.3 cm³/mol. The molecule has 0 bridgehead atoms. The Morgan fingerprint density at radius 1 is 1.37 bits per heavy atom. The Kier molecular flexibility index (Phi) is 4.38. The van der Waals surface area contributed by atoms with Crippen LogP contribution in [0, 0.1) is 18.3 Å². The van der Waals surface area contributed by atoms with Gasteiger partial charge in [-0.2, -0.15) is 5.26 Å². The van der Waals surface area contributed by atoms with Gasteiger partial charge in [-0.25, -0.2) is 4.98 Å². The summed E-state index contributed by atoms with van der Waals surface area (Å²) in [5, 5.41) is 12.4. The maximum absolute atomic E-state index is 8.89. The molecular weight excluding hydrogens is 258 g/mol. The SMILES string of the molecule is Cc1cccc(CCNc2nccc(C#N)c2Cl)c1. The number of anilines is 1. The Hall–Kier alpha value is -2.05. The lowest BCUT2D eigenvalue weighted by Gasteiger charge is -2.08. The number of nitrogens with zero attached hydrogens (tertiary/aromatic N) is 2. The molecule has 0 radical (unpaired) electrons. The van der Waals surface area contributed by atoms with E-state index in [0.717, 1.165) is 13.0 Å². The minimum absolute atomic E-state index is 0.384. The van der Waals surface area contributed by atoms with Crippen molar-refractivity contribution in [3.8, 4) is 6.07 Å². The molecule has 0 atom stereocenters. The molecular formula is C15H14ClN3. The van der Waals surface area contributed by atoms with E-state index in [-0.39, 0.29) is 0 Å². The molecule has 2 aromatic rings. The molecule has 0 spiro atoms. The van der Waals surface area contributed by atoms with E-state index < -0.39 is 0 Å². The van der Waals surface area contributed by atoms with Crippen LogP contribution in [-0.2, 0) is 6.42 Å². The standard InChI is InChI=1S/C15H14ClN3/c1-11-3-2-4-12(9-11)5-7-18-15-14(16)13(10-17)6-8-19-15/h2-4,6,8-9H,5,7H2,1H3,(H,18,19). The van der Waals surface area contributed by atoms with Gasteiger partial charge in [0.2, 0.25) is 0 Å². The first kappa shape index (κ1) is 13.4. The van der Waals surface area contributed by atoms with Crippen molar-refractivity contribution in [3.05, 3.63) is 58.2 Å². The van der Waals surface area contributed by atoms with Crippen LogP contribution >= 0.6 is 11.6 Å². The molecule has 0 amide bonds. The number of aryl methyl sites for hydroxylation is 1. The number of aromatic nitrogens is 1. The van der Waals surface area contributed by atoms with E-state index in [2.05, 4.69) is 35.4 Å². The number of halogens is 1. The van der Waals surface area contributed by atoms with Crippen LogP contribution in [0.5, 0.6) is 0 Å². The number of hydrogen-bond donors (Lipinski definition) is 1. The van der Waals surface area contributed by atoms with Crippen molar-refractivity contribution in [2.24, 2.45) is 0 Å². The first-order chi connectivity index (χ1) is 9.20. The van der Waals surface area contributed by atoms with Crippen LogP contribution in [0.3, 0.4) is 0 Å². The summed E-state index contributed by atoms with van der Waals surface area (Å²) >= 11 is 6.07. The Balaban J connectivity index is 1.98. The number of nitrogens with one attached hydrogen (secondary N) is 1. The third-order valence-electron chi connectivity index (χ3n) is 2.80. The molecule has 96 valence electrons. The normalized spacial score (nSPS) is 9.95. The summed E-state index contributed by atoms with van der Waals surface area (Å²) in [5.41, 5.74) is 2.95. The highest BCUT2D eigenvalue weighted by Gasteiger charge is 2.06. The molecule has 0 unspecified atom stereocenters. The second-order valence-electron chi connectivity index (χ2n) is 4.30. The van der Waals surface area contributed by atoms with Gasteiger partial charge in [0, 0.05) is 12.7 Å². The topological polar surface area (TPSA) is 48.7 Å². The first-order valence-corrected chi connectivity index (χ1v) is 6.42. The molecule has 1 aromatic carbocycles. The first-order valence-electron chi connectivity index (χ1n) is 6.04. The van der Waals surface area contributed by atoms with Crippen LogP contribution in [0.2, 0.25) is 5.02 Å². The van der Waals surface area contributed by atoms with E-state index in [1.54, 1.807) is 12.3 Å². The molecule has 4 heteroatoms. The van der Waals surface area contributed by atoms with Crippen LogP contribution in [0.15, 0.2) is 36.5 Å². The fraction of sp³-hybridized carbons (Fsp3) is 0.200. The smallest absolute Gasteiger partial charge is 0.146 e. The van der Waals surface area contributed by atoms with Crippen molar-refractivity contribution >= 4 is 17.4 Å². The molecule has 0 saturated heterocycles. The number of benzene rings is 1. The summed E-state index contributed by atoms with van der Waals surface area (Å²) < 4.78 is 0. The van der Waals surface area contributed by atoms with E-state index in [1.807, 2.05) is 12.1 Å². The summed E-state index contributed by atoms with van der Waals surface area (Å²) in [6.45, 7) is 2.80. The maximum Gasteiger partial charge on any atom is 0.146 e. The number of rotatable bonds is 4. The zero-order valence-electron chi connectivity index (χ0n) is 10.7. The van der Waals surface area contributed by atoms with Crippen LogP contribution in [0.1, 0.15) is 16.7 Å². The lowest BCUT2D eigenvalue weighted by Crippen LogP contribution is -2.07. The van der Waals surface area contributed by atoms with Gasteiger partial charge in [-0.15, -0.1) is 0 Å². The van der Waals surface area contributed by atoms with E-state index >= 15 is 0 Å².